The summed E-state index contributed by atoms with van der Waals surface area (Å²) in [5.74, 6) is -1.19. The summed E-state index contributed by atoms with van der Waals surface area (Å²) in [5, 5.41) is 0.143. The van der Waals surface area contributed by atoms with Crippen LogP contribution in [-0.2, 0) is 19.1 Å². The van der Waals surface area contributed by atoms with Crippen LogP contribution in [0.1, 0.15) is 10.4 Å². The van der Waals surface area contributed by atoms with Crippen LogP contribution < -0.4 is 14.2 Å². The van der Waals surface area contributed by atoms with Gasteiger partial charge in [-0.05, 0) is 72.8 Å². The van der Waals surface area contributed by atoms with E-state index in [1.165, 1.54) is 24.3 Å². The van der Waals surface area contributed by atoms with Gasteiger partial charge in [0.1, 0.15) is 11.5 Å². The van der Waals surface area contributed by atoms with Gasteiger partial charge >= 0.3 is 12.7 Å². The molecule has 1 N–H and O–H groups in total. The smallest absolute Gasteiger partial charge is 0.406 e. The van der Waals surface area contributed by atoms with E-state index in [9.17, 15) is 48.0 Å². The van der Waals surface area contributed by atoms with Gasteiger partial charge in [0.05, 0.1) is 15.1 Å². The van der Waals surface area contributed by atoms with E-state index in [0.29, 0.717) is 5.56 Å². The molecule has 0 aliphatic rings. The Balaban J connectivity index is 0.000000319. The van der Waals surface area contributed by atoms with E-state index in [1.54, 1.807) is 0 Å². The van der Waals surface area contributed by atoms with Crippen LogP contribution in [0.15, 0.2) is 82.6 Å². The Hall–Kier alpha value is -3.02. The van der Waals surface area contributed by atoms with Crippen molar-refractivity contribution in [1.29, 1.82) is 0 Å². The maximum absolute atomic E-state index is 12.2. The molecule has 218 valence electrons. The van der Waals surface area contributed by atoms with E-state index >= 15 is 0 Å². The number of alkyl halides is 7. The summed E-state index contributed by atoms with van der Waals surface area (Å²) in [7, 11) is -2.97. The number of hydrogen-bond donors (Lipinski definition) is 1. The highest BCUT2D eigenvalue weighted by Gasteiger charge is 2.32. The van der Waals surface area contributed by atoms with Crippen molar-refractivity contribution < 1.29 is 57.4 Å². The quantitative estimate of drug-likeness (QED) is 0.124. The molecular weight excluding hydrogens is 684 g/mol. The van der Waals surface area contributed by atoms with Crippen molar-refractivity contribution in [2.45, 2.75) is 22.5 Å². The molecule has 0 unspecified atom stereocenters. The van der Waals surface area contributed by atoms with Crippen molar-refractivity contribution in [1.82, 2.24) is 0 Å². The number of rotatable bonds is 8. The van der Waals surface area contributed by atoms with E-state index in [1.807, 2.05) is 0 Å². The number of anilines is 1. The van der Waals surface area contributed by atoms with Gasteiger partial charge in [0, 0.05) is 21.9 Å². The maximum Gasteiger partial charge on any atom is 0.573 e. The van der Waals surface area contributed by atoms with Crippen LogP contribution in [0.5, 0.6) is 11.5 Å². The first-order valence-electron chi connectivity index (χ1n) is 10.2. The Bertz CT molecular complexity index is 1510. The topological polar surface area (TPSA) is 116 Å². The number of halogens is 8. The molecule has 3 aromatic rings. The summed E-state index contributed by atoms with van der Waals surface area (Å²) < 4.78 is 127. The molecule has 0 aliphatic carbocycles. The molecule has 3 aromatic carbocycles. The highest BCUT2D eigenvalue weighted by atomic mass is 79.9. The summed E-state index contributed by atoms with van der Waals surface area (Å²) in [6.45, 7) is 0. The van der Waals surface area contributed by atoms with E-state index in [2.05, 4.69) is 30.1 Å². The molecule has 0 atom stereocenters. The number of benzene rings is 3. The largest absolute Gasteiger partial charge is 0.573 e. The molecule has 18 heteroatoms. The van der Waals surface area contributed by atoms with Crippen molar-refractivity contribution in [3.8, 4) is 11.5 Å². The van der Waals surface area contributed by atoms with E-state index in [-0.39, 0.29) is 26.6 Å². The summed E-state index contributed by atoms with van der Waals surface area (Å²) in [6, 6.07) is 13.1. The molecule has 0 bridgehead atoms. The monoisotopic (exact) mass is 697 g/mol. The minimum absolute atomic E-state index is 0.143. The van der Waals surface area contributed by atoms with Gasteiger partial charge in [0.2, 0.25) is 0 Å². The van der Waals surface area contributed by atoms with Gasteiger partial charge in [-0.15, -0.1) is 26.3 Å². The van der Waals surface area contributed by atoms with Crippen LogP contribution in [0.3, 0.4) is 0 Å². The molecule has 0 radical (unpaired) electrons. The van der Waals surface area contributed by atoms with E-state index in [0.717, 1.165) is 48.5 Å². The third-order valence-electron chi connectivity index (χ3n) is 4.29. The van der Waals surface area contributed by atoms with Gasteiger partial charge in [-0.1, -0.05) is 15.9 Å². The number of carbonyl (C=O) groups excluding carboxylic acids is 1. The average molecular weight is 699 g/mol. The van der Waals surface area contributed by atoms with Crippen LogP contribution >= 0.6 is 26.6 Å². The van der Waals surface area contributed by atoms with Crippen molar-refractivity contribution in [3.05, 3.63) is 78.4 Å². The van der Waals surface area contributed by atoms with Gasteiger partial charge in [0.15, 0.2) is 5.78 Å². The van der Waals surface area contributed by atoms with E-state index < -0.39 is 43.3 Å². The standard InChI is InChI=1S/C15H11BrF3NO4S.C7H4ClF3O3S/c16-9-14(21)10-1-3-11(4-2-10)20-25(22,23)13-7-5-12(6-8-13)24-15(17,18)19;8-15(12,13)6-3-1-5(2-4-6)14-7(9,10)11/h1-8,20H,9H2;1-4H. The molecule has 0 saturated heterocycles. The van der Waals surface area contributed by atoms with Crippen molar-refractivity contribution in [2.75, 3.05) is 10.1 Å². The van der Waals surface area contributed by atoms with Crippen LogP contribution in [0.25, 0.3) is 0 Å². The number of nitrogens with one attached hydrogen (secondary N) is 1. The second-order valence-electron chi connectivity index (χ2n) is 7.22. The minimum Gasteiger partial charge on any atom is -0.406 e. The lowest BCUT2D eigenvalue weighted by Crippen LogP contribution is -2.17. The van der Waals surface area contributed by atoms with Gasteiger partial charge in [-0.2, -0.15) is 0 Å². The highest BCUT2D eigenvalue weighted by molar-refractivity contribution is 9.09. The molecule has 0 heterocycles. The molecule has 40 heavy (non-hydrogen) atoms. The predicted octanol–water partition coefficient (Wildman–Crippen LogP) is 6.48. The molecule has 0 aromatic heterocycles. The van der Waals surface area contributed by atoms with Crippen LogP contribution in [0.2, 0.25) is 0 Å². The number of Topliss-reactive ketones (excluding diaryl/α,β-unsaturated/α-hetero) is 1. The van der Waals surface area contributed by atoms with Gasteiger partial charge in [0.25, 0.3) is 19.1 Å². The number of sulfonamides is 1. The second-order valence-corrected chi connectivity index (χ2v) is 12.0. The van der Waals surface area contributed by atoms with Crippen LogP contribution in [0, 0.1) is 0 Å². The second kappa shape index (κ2) is 13.1. The number of hydrogen-bond acceptors (Lipinski definition) is 7. The Morgan fingerprint density at radius 2 is 1.12 bits per heavy atom. The zero-order valence-corrected chi connectivity index (χ0v) is 23.3. The average Bonchev–Trinajstić information content (AvgIpc) is 2.82. The summed E-state index contributed by atoms with van der Waals surface area (Å²) >= 11 is 3.03. The lowest BCUT2D eigenvalue weighted by molar-refractivity contribution is -0.275. The maximum atomic E-state index is 12.2. The Morgan fingerprint density at radius 3 is 1.48 bits per heavy atom. The Kier molecular flexibility index (Phi) is 10.9. The van der Waals surface area contributed by atoms with Gasteiger partial charge < -0.3 is 9.47 Å². The molecule has 0 aliphatic heterocycles. The molecule has 0 saturated carbocycles. The molecular formula is C22H15BrClF6NO7S2. The Morgan fingerprint density at radius 1 is 0.725 bits per heavy atom. The highest BCUT2D eigenvalue weighted by Crippen LogP contribution is 2.26. The molecule has 3 rings (SSSR count). The number of ether oxygens (including phenoxy) is 2. The number of carbonyl (C=O) groups is 1. The summed E-state index contributed by atoms with van der Waals surface area (Å²) in [5.41, 5.74) is 0.621. The van der Waals surface area contributed by atoms with Gasteiger partial charge in [-0.25, -0.2) is 16.8 Å². The lowest BCUT2D eigenvalue weighted by atomic mass is 10.1. The fourth-order valence-electron chi connectivity index (χ4n) is 2.64. The van der Waals surface area contributed by atoms with Crippen LogP contribution in [-0.4, -0.2) is 40.7 Å². The third kappa shape index (κ3) is 11.2. The minimum atomic E-state index is -4.85. The first-order valence-corrected chi connectivity index (χ1v) is 15.1. The first kappa shape index (κ1) is 33.2. The van der Waals surface area contributed by atoms with Gasteiger partial charge in [-0.3, -0.25) is 9.52 Å². The SMILES string of the molecule is O=C(CBr)c1ccc(NS(=O)(=O)c2ccc(OC(F)(F)F)cc2)cc1.O=S(=O)(Cl)c1ccc(OC(F)(F)F)cc1. The molecule has 0 fully saturated rings. The summed E-state index contributed by atoms with van der Waals surface area (Å²) in [4.78, 5) is 11.0. The summed E-state index contributed by atoms with van der Waals surface area (Å²) in [6.07, 6.45) is -9.66. The lowest BCUT2D eigenvalue weighted by Gasteiger charge is -2.11. The molecule has 0 amide bonds. The van der Waals surface area contributed by atoms with E-state index in [4.69, 9.17) is 10.7 Å². The first-order chi connectivity index (χ1) is 18.3. The van der Waals surface area contributed by atoms with Crippen LogP contribution in [0.4, 0.5) is 32.0 Å². The fraction of sp³-hybridized carbons (Fsp3) is 0.136. The molecule has 8 nitrogen and oxygen atoms in total. The zero-order chi connectivity index (χ0) is 30.4. The fourth-order valence-corrected chi connectivity index (χ4v) is 4.79. The normalized spacial score (nSPS) is 12.1. The van der Waals surface area contributed by atoms with Crippen molar-refractivity contribution >= 4 is 57.2 Å². The number of ketones is 1. The van der Waals surface area contributed by atoms with Crippen molar-refractivity contribution in [2.24, 2.45) is 0 Å². The predicted molar refractivity (Wildman–Crippen MR) is 135 cm³/mol. The zero-order valence-electron chi connectivity index (χ0n) is 19.3. The van der Waals surface area contributed by atoms with Crippen molar-refractivity contribution in [3.63, 3.8) is 0 Å². The molecule has 0 spiro atoms. The third-order valence-corrected chi connectivity index (χ3v) is 7.56. The Labute approximate surface area is 236 Å².